The molecule has 0 radical (unpaired) electrons. The Kier molecular flexibility index (Phi) is 7.18. The lowest BCUT2D eigenvalue weighted by Crippen LogP contribution is -2.25. The monoisotopic (exact) mass is 237 g/mol. The van der Waals surface area contributed by atoms with E-state index < -0.39 is 0 Å². The SMILES string of the molecule is C=CCCCCCC(=O)C1CCC(CN)CC1. The zero-order valence-electron chi connectivity index (χ0n) is 11.0. The van der Waals surface area contributed by atoms with Crippen LogP contribution in [0.5, 0.6) is 0 Å². The van der Waals surface area contributed by atoms with E-state index >= 15 is 0 Å². The topological polar surface area (TPSA) is 43.1 Å². The highest BCUT2D eigenvalue weighted by molar-refractivity contribution is 5.81. The van der Waals surface area contributed by atoms with Gasteiger partial charge in [-0.15, -0.1) is 6.58 Å². The third kappa shape index (κ3) is 5.49. The standard InChI is InChI=1S/C15H27NO/c1-2-3-4-5-6-7-15(17)14-10-8-13(12-16)9-11-14/h2,13-14H,1,3-12,16H2. The van der Waals surface area contributed by atoms with Crippen molar-refractivity contribution in [3.63, 3.8) is 0 Å². The first-order valence-electron chi connectivity index (χ1n) is 7.11. The van der Waals surface area contributed by atoms with Crippen molar-refractivity contribution in [3.8, 4) is 0 Å². The molecule has 0 aromatic heterocycles. The maximum absolute atomic E-state index is 12.0. The van der Waals surface area contributed by atoms with Gasteiger partial charge in [0.05, 0.1) is 0 Å². The molecule has 1 aliphatic rings. The first-order valence-corrected chi connectivity index (χ1v) is 7.11. The fourth-order valence-electron chi connectivity index (χ4n) is 2.69. The Hall–Kier alpha value is -0.630. The van der Waals surface area contributed by atoms with Crippen LogP contribution < -0.4 is 5.73 Å². The van der Waals surface area contributed by atoms with E-state index in [1.165, 1.54) is 6.42 Å². The van der Waals surface area contributed by atoms with Crippen molar-refractivity contribution < 1.29 is 4.79 Å². The molecule has 2 N–H and O–H groups in total. The normalized spacial score (nSPS) is 24.5. The van der Waals surface area contributed by atoms with Crippen molar-refractivity contribution >= 4 is 5.78 Å². The second kappa shape index (κ2) is 8.46. The average molecular weight is 237 g/mol. The largest absolute Gasteiger partial charge is 0.330 e. The first kappa shape index (κ1) is 14.4. The Morgan fingerprint density at radius 1 is 1.18 bits per heavy atom. The second-order valence-electron chi connectivity index (χ2n) is 5.31. The van der Waals surface area contributed by atoms with Gasteiger partial charge in [-0.3, -0.25) is 4.79 Å². The number of Topliss-reactive ketones (excluding diaryl/α,β-unsaturated/α-hetero) is 1. The highest BCUT2D eigenvalue weighted by Gasteiger charge is 2.24. The predicted molar refractivity (Wildman–Crippen MR) is 72.8 cm³/mol. The van der Waals surface area contributed by atoms with E-state index in [0.717, 1.165) is 57.9 Å². The van der Waals surface area contributed by atoms with E-state index in [1.807, 2.05) is 6.08 Å². The van der Waals surface area contributed by atoms with Crippen LogP contribution in [0, 0.1) is 11.8 Å². The van der Waals surface area contributed by atoms with Crippen molar-refractivity contribution in [2.75, 3.05) is 6.54 Å². The van der Waals surface area contributed by atoms with Gasteiger partial charge in [-0.05, 0) is 57.4 Å². The summed E-state index contributed by atoms with van der Waals surface area (Å²) in [5.41, 5.74) is 5.66. The molecular weight excluding hydrogens is 210 g/mol. The summed E-state index contributed by atoms with van der Waals surface area (Å²) in [5.74, 6) is 1.52. The van der Waals surface area contributed by atoms with Crippen LogP contribution in [0.4, 0.5) is 0 Å². The van der Waals surface area contributed by atoms with E-state index in [0.29, 0.717) is 17.6 Å². The zero-order chi connectivity index (χ0) is 12.5. The number of carbonyl (C=O) groups excluding carboxylic acids is 1. The Bertz CT molecular complexity index is 229. The molecule has 1 rings (SSSR count). The summed E-state index contributed by atoms with van der Waals surface area (Å²) in [6.45, 7) is 4.50. The highest BCUT2D eigenvalue weighted by atomic mass is 16.1. The maximum atomic E-state index is 12.0. The van der Waals surface area contributed by atoms with Crippen molar-refractivity contribution in [1.29, 1.82) is 0 Å². The Morgan fingerprint density at radius 2 is 1.88 bits per heavy atom. The molecule has 2 nitrogen and oxygen atoms in total. The number of allylic oxidation sites excluding steroid dienone is 1. The van der Waals surface area contributed by atoms with Crippen LogP contribution in [0.15, 0.2) is 12.7 Å². The lowest BCUT2D eigenvalue weighted by atomic mass is 9.79. The lowest BCUT2D eigenvalue weighted by molar-refractivity contribution is -0.124. The van der Waals surface area contributed by atoms with Crippen molar-refractivity contribution in [3.05, 3.63) is 12.7 Å². The van der Waals surface area contributed by atoms with Gasteiger partial charge in [0.2, 0.25) is 0 Å². The molecule has 0 amide bonds. The molecule has 0 spiro atoms. The number of nitrogens with two attached hydrogens (primary N) is 1. The minimum atomic E-state index is 0.345. The smallest absolute Gasteiger partial charge is 0.135 e. The molecule has 1 saturated carbocycles. The molecule has 2 heteroatoms. The predicted octanol–water partition coefficient (Wildman–Crippen LogP) is 3.46. The summed E-state index contributed by atoms with van der Waals surface area (Å²) in [6.07, 6.45) is 11.7. The summed E-state index contributed by atoms with van der Waals surface area (Å²) in [5, 5.41) is 0. The van der Waals surface area contributed by atoms with Gasteiger partial charge in [0, 0.05) is 12.3 Å². The molecule has 98 valence electrons. The number of rotatable bonds is 8. The maximum Gasteiger partial charge on any atom is 0.135 e. The van der Waals surface area contributed by atoms with Gasteiger partial charge in [-0.25, -0.2) is 0 Å². The third-order valence-electron chi connectivity index (χ3n) is 3.97. The molecule has 0 aromatic carbocycles. The molecule has 17 heavy (non-hydrogen) atoms. The van der Waals surface area contributed by atoms with Gasteiger partial charge >= 0.3 is 0 Å². The fourth-order valence-corrected chi connectivity index (χ4v) is 2.69. The van der Waals surface area contributed by atoms with Crippen molar-refractivity contribution in [1.82, 2.24) is 0 Å². The van der Waals surface area contributed by atoms with Gasteiger partial charge in [-0.2, -0.15) is 0 Å². The molecule has 0 heterocycles. The number of hydrogen-bond donors (Lipinski definition) is 1. The van der Waals surface area contributed by atoms with Gasteiger partial charge < -0.3 is 5.73 Å². The Labute approximate surface area is 106 Å². The molecule has 0 bridgehead atoms. The molecule has 0 saturated heterocycles. The molecule has 1 fully saturated rings. The van der Waals surface area contributed by atoms with E-state index in [-0.39, 0.29) is 0 Å². The van der Waals surface area contributed by atoms with Gasteiger partial charge in [0.15, 0.2) is 0 Å². The summed E-state index contributed by atoms with van der Waals surface area (Å²) >= 11 is 0. The van der Waals surface area contributed by atoms with Crippen LogP contribution in [0.25, 0.3) is 0 Å². The number of hydrogen-bond acceptors (Lipinski definition) is 2. The zero-order valence-corrected chi connectivity index (χ0v) is 11.0. The van der Waals surface area contributed by atoms with Crippen LogP contribution in [0.2, 0.25) is 0 Å². The summed E-state index contributed by atoms with van der Waals surface area (Å²) in [6, 6.07) is 0. The van der Waals surface area contributed by atoms with Crippen molar-refractivity contribution in [2.45, 2.75) is 57.8 Å². The van der Waals surface area contributed by atoms with Crippen LogP contribution in [0.1, 0.15) is 57.8 Å². The van der Waals surface area contributed by atoms with Gasteiger partial charge in [0.25, 0.3) is 0 Å². The molecule has 0 unspecified atom stereocenters. The van der Waals surface area contributed by atoms with E-state index in [2.05, 4.69) is 6.58 Å². The first-order chi connectivity index (χ1) is 8.27. The molecule has 1 aliphatic carbocycles. The quantitative estimate of drug-likeness (QED) is 0.519. The van der Waals surface area contributed by atoms with E-state index in [1.54, 1.807) is 0 Å². The minimum absolute atomic E-state index is 0.345. The highest BCUT2D eigenvalue weighted by Crippen LogP contribution is 2.29. The Balaban J connectivity index is 2.09. The summed E-state index contributed by atoms with van der Waals surface area (Å²) in [7, 11) is 0. The van der Waals surface area contributed by atoms with E-state index in [4.69, 9.17) is 5.73 Å². The summed E-state index contributed by atoms with van der Waals surface area (Å²) in [4.78, 5) is 12.0. The average Bonchev–Trinajstić information content (AvgIpc) is 2.38. The van der Waals surface area contributed by atoms with Gasteiger partial charge in [-0.1, -0.05) is 12.5 Å². The molecule has 0 aromatic rings. The van der Waals surface area contributed by atoms with Crippen LogP contribution in [-0.2, 0) is 4.79 Å². The van der Waals surface area contributed by atoms with Crippen LogP contribution >= 0.6 is 0 Å². The van der Waals surface area contributed by atoms with Gasteiger partial charge in [0.1, 0.15) is 5.78 Å². The fraction of sp³-hybridized carbons (Fsp3) is 0.800. The van der Waals surface area contributed by atoms with E-state index in [9.17, 15) is 4.79 Å². The molecule has 0 aliphatic heterocycles. The number of carbonyl (C=O) groups is 1. The van der Waals surface area contributed by atoms with Crippen LogP contribution in [0.3, 0.4) is 0 Å². The lowest BCUT2D eigenvalue weighted by Gasteiger charge is -2.26. The third-order valence-corrected chi connectivity index (χ3v) is 3.97. The van der Waals surface area contributed by atoms with Crippen molar-refractivity contribution in [2.24, 2.45) is 17.6 Å². The molecular formula is C15H27NO. The minimum Gasteiger partial charge on any atom is -0.330 e. The number of ketones is 1. The number of unbranched alkanes of at least 4 members (excludes halogenated alkanes) is 3. The van der Waals surface area contributed by atoms with Crippen LogP contribution in [-0.4, -0.2) is 12.3 Å². The summed E-state index contributed by atoms with van der Waals surface area (Å²) < 4.78 is 0. The second-order valence-corrected chi connectivity index (χ2v) is 5.31. The Morgan fingerprint density at radius 3 is 2.47 bits per heavy atom. The molecule has 0 atom stereocenters.